The molecule has 0 amide bonds. The molecular formula is C12H20ClN3O2S. The molecule has 0 aliphatic carbocycles. The van der Waals surface area contributed by atoms with Gasteiger partial charge in [0.05, 0.1) is 0 Å². The highest BCUT2D eigenvalue weighted by atomic mass is 35.5. The second-order valence-electron chi connectivity index (χ2n) is 4.63. The summed E-state index contributed by atoms with van der Waals surface area (Å²) in [7, 11) is -1.52. The number of nitrogens with zero attached hydrogens (tertiary/aromatic N) is 2. The maximum absolute atomic E-state index is 12.4. The highest BCUT2D eigenvalue weighted by molar-refractivity contribution is 7.89. The summed E-state index contributed by atoms with van der Waals surface area (Å²) in [6, 6.07) is 3.60. The molecule has 0 radical (unpaired) electrons. The van der Waals surface area contributed by atoms with E-state index in [4.69, 9.17) is 0 Å². The number of hydrogen-bond acceptors (Lipinski definition) is 4. The Morgan fingerprint density at radius 3 is 2.74 bits per heavy atom. The standard InChI is InChI=1S/C12H19N3O2S.ClH/c1-10-5-6-12(8-14-10)18(16,17)15-7-3-4-11(9-15)13-2;/h5-6,8,11,13H,3-4,7,9H2,1-2H3;1H. The molecule has 7 heteroatoms. The number of likely N-dealkylation sites (N-methyl/N-ethyl adjacent to an activating group) is 1. The van der Waals surface area contributed by atoms with Crippen LogP contribution < -0.4 is 5.32 Å². The number of rotatable bonds is 3. The molecule has 0 aromatic carbocycles. The molecule has 1 unspecified atom stereocenters. The van der Waals surface area contributed by atoms with Crippen molar-refractivity contribution in [2.75, 3.05) is 20.1 Å². The Morgan fingerprint density at radius 2 is 2.16 bits per heavy atom. The second kappa shape index (κ2) is 6.65. The minimum atomic E-state index is -3.39. The number of aromatic nitrogens is 1. The third kappa shape index (κ3) is 3.66. The molecule has 1 aliphatic heterocycles. The number of nitrogens with one attached hydrogen (secondary N) is 1. The molecular weight excluding hydrogens is 286 g/mol. The average molecular weight is 306 g/mol. The fraction of sp³-hybridized carbons (Fsp3) is 0.583. The van der Waals surface area contributed by atoms with E-state index in [0.29, 0.717) is 13.1 Å². The molecule has 1 atom stereocenters. The monoisotopic (exact) mass is 305 g/mol. The van der Waals surface area contributed by atoms with Gasteiger partial charge in [0.25, 0.3) is 0 Å². The molecule has 0 spiro atoms. The Bertz CT molecular complexity index is 504. The number of sulfonamides is 1. The van der Waals surface area contributed by atoms with E-state index < -0.39 is 10.0 Å². The number of hydrogen-bond donors (Lipinski definition) is 1. The number of aryl methyl sites for hydroxylation is 1. The van der Waals surface area contributed by atoms with Gasteiger partial charge in [-0.2, -0.15) is 4.31 Å². The predicted molar refractivity (Wildman–Crippen MR) is 77.1 cm³/mol. The van der Waals surface area contributed by atoms with Crippen molar-refractivity contribution in [2.45, 2.75) is 30.7 Å². The van der Waals surface area contributed by atoms with Crippen LogP contribution in [0.3, 0.4) is 0 Å². The molecule has 1 fully saturated rings. The molecule has 2 rings (SSSR count). The summed E-state index contributed by atoms with van der Waals surface area (Å²) in [5, 5.41) is 3.14. The summed E-state index contributed by atoms with van der Waals surface area (Å²) in [6.45, 7) is 2.97. The number of piperidine rings is 1. The first-order valence-electron chi connectivity index (χ1n) is 6.14. The molecule has 1 saturated heterocycles. The average Bonchev–Trinajstić information content (AvgIpc) is 2.39. The molecule has 1 aromatic heterocycles. The summed E-state index contributed by atoms with van der Waals surface area (Å²) in [5.41, 5.74) is 0.820. The molecule has 2 heterocycles. The van der Waals surface area contributed by atoms with Crippen LogP contribution in [0.25, 0.3) is 0 Å². The van der Waals surface area contributed by atoms with Gasteiger partial charge in [0, 0.05) is 31.0 Å². The van der Waals surface area contributed by atoms with Crippen LogP contribution >= 0.6 is 12.4 Å². The first-order chi connectivity index (χ1) is 8.54. The van der Waals surface area contributed by atoms with E-state index in [1.54, 1.807) is 16.4 Å². The van der Waals surface area contributed by atoms with Crippen molar-refractivity contribution in [3.8, 4) is 0 Å². The third-order valence-corrected chi connectivity index (χ3v) is 5.16. The molecule has 0 bridgehead atoms. The SMILES string of the molecule is CNC1CCCN(S(=O)(=O)c2ccc(C)nc2)C1.Cl. The Morgan fingerprint density at radius 1 is 1.42 bits per heavy atom. The van der Waals surface area contributed by atoms with E-state index in [2.05, 4.69) is 10.3 Å². The topological polar surface area (TPSA) is 62.3 Å². The lowest BCUT2D eigenvalue weighted by atomic mass is 10.1. The minimum absolute atomic E-state index is 0. The zero-order valence-electron chi connectivity index (χ0n) is 11.2. The summed E-state index contributed by atoms with van der Waals surface area (Å²) < 4.78 is 26.4. The first kappa shape index (κ1) is 16.4. The van der Waals surface area contributed by atoms with Crippen molar-refractivity contribution in [1.29, 1.82) is 0 Å². The van der Waals surface area contributed by atoms with Gasteiger partial charge in [0.2, 0.25) is 10.0 Å². The smallest absolute Gasteiger partial charge is 0.244 e. The Balaban J connectivity index is 0.00000180. The van der Waals surface area contributed by atoms with Crippen LogP contribution in [0.2, 0.25) is 0 Å². The lowest BCUT2D eigenvalue weighted by molar-refractivity contribution is 0.293. The van der Waals surface area contributed by atoms with Crippen LogP contribution in [0.15, 0.2) is 23.2 Å². The van der Waals surface area contributed by atoms with E-state index in [1.165, 1.54) is 6.20 Å². The fourth-order valence-electron chi connectivity index (χ4n) is 2.15. The van der Waals surface area contributed by atoms with E-state index in [9.17, 15) is 8.42 Å². The normalized spacial score (nSPS) is 20.8. The van der Waals surface area contributed by atoms with Gasteiger partial charge >= 0.3 is 0 Å². The highest BCUT2D eigenvalue weighted by Crippen LogP contribution is 2.20. The molecule has 19 heavy (non-hydrogen) atoms. The Labute approximate surface area is 120 Å². The van der Waals surface area contributed by atoms with Crippen molar-refractivity contribution in [1.82, 2.24) is 14.6 Å². The van der Waals surface area contributed by atoms with Gasteiger partial charge in [0.1, 0.15) is 4.90 Å². The molecule has 1 aliphatic rings. The number of pyridine rings is 1. The van der Waals surface area contributed by atoms with Gasteiger partial charge in [-0.05, 0) is 38.9 Å². The van der Waals surface area contributed by atoms with Crippen LogP contribution in [0.4, 0.5) is 0 Å². The van der Waals surface area contributed by atoms with Gasteiger partial charge in [-0.25, -0.2) is 8.42 Å². The predicted octanol–water partition coefficient (Wildman–Crippen LogP) is 1.18. The van der Waals surface area contributed by atoms with Crippen LogP contribution in [0, 0.1) is 6.92 Å². The van der Waals surface area contributed by atoms with Crippen LogP contribution in [0.5, 0.6) is 0 Å². The van der Waals surface area contributed by atoms with Crippen molar-refractivity contribution >= 4 is 22.4 Å². The molecule has 0 saturated carbocycles. The van der Waals surface area contributed by atoms with Crippen LogP contribution in [0.1, 0.15) is 18.5 Å². The third-order valence-electron chi connectivity index (χ3n) is 3.31. The largest absolute Gasteiger partial charge is 0.316 e. The zero-order valence-corrected chi connectivity index (χ0v) is 12.8. The first-order valence-corrected chi connectivity index (χ1v) is 7.58. The second-order valence-corrected chi connectivity index (χ2v) is 6.56. The summed E-state index contributed by atoms with van der Waals surface area (Å²) >= 11 is 0. The van der Waals surface area contributed by atoms with Gasteiger partial charge in [-0.1, -0.05) is 0 Å². The summed E-state index contributed by atoms with van der Waals surface area (Å²) in [4.78, 5) is 4.34. The lowest BCUT2D eigenvalue weighted by Crippen LogP contribution is -2.46. The molecule has 1 N–H and O–H groups in total. The fourth-order valence-corrected chi connectivity index (χ4v) is 3.62. The molecule has 108 valence electrons. The maximum Gasteiger partial charge on any atom is 0.244 e. The van der Waals surface area contributed by atoms with E-state index in [1.807, 2.05) is 14.0 Å². The molecule has 1 aromatic rings. The van der Waals surface area contributed by atoms with E-state index >= 15 is 0 Å². The number of halogens is 1. The minimum Gasteiger partial charge on any atom is -0.316 e. The van der Waals surface area contributed by atoms with Gasteiger partial charge in [0.15, 0.2) is 0 Å². The van der Waals surface area contributed by atoms with Gasteiger partial charge in [-0.3, -0.25) is 4.98 Å². The Kier molecular flexibility index (Phi) is 5.73. The van der Waals surface area contributed by atoms with Crippen LogP contribution in [-0.4, -0.2) is 43.9 Å². The van der Waals surface area contributed by atoms with Crippen molar-refractivity contribution in [3.05, 3.63) is 24.0 Å². The quantitative estimate of drug-likeness (QED) is 0.911. The van der Waals surface area contributed by atoms with E-state index in [0.717, 1.165) is 18.5 Å². The molecule has 5 nitrogen and oxygen atoms in total. The maximum atomic E-state index is 12.4. The lowest BCUT2D eigenvalue weighted by Gasteiger charge is -2.31. The van der Waals surface area contributed by atoms with Crippen LogP contribution in [-0.2, 0) is 10.0 Å². The van der Waals surface area contributed by atoms with Crippen molar-refractivity contribution < 1.29 is 8.42 Å². The van der Waals surface area contributed by atoms with Crippen molar-refractivity contribution in [3.63, 3.8) is 0 Å². The van der Waals surface area contributed by atoms with Crippen molar-refractivity contribution in [2.24, 2.45) is 0 Å². The van der Waals surface area contributed by atoms with Gasteiger partial charge in [-0.15, -0.1) is 12.4 Å². The van der Waals surface area contributed by atoms with Gasteiger partial charge < -0.3 is 5.32 Å². The summed E-state index contributed by atoms with van der Waals surface area (Å²) in [5.74, 6) is 0. The Hall–Kier alpha value is -0.690. The highest BCUT2D eigenvalue weighted by Gasteiger charge is 2.29. The zero-order chi connectivity index (χ0) is 13.2. The van der Waals surface area contributed by atoms with E-state index in [-0.39, 0.29) is 23.3 Å². The summed E-state index contributed by atoms with van der Waals surface area (Å²) in [6.07, 6.45) is 3.35.